The van der Waals surface area contributed by atoms with Gasteiger partial charge in [-0.2, -0.15) is 5.26 Å². The average Bonchev–Trinajstić information content (AvgIpc) is 3.31. The molecule has 0 saturated carbocycles. The highest BCUT2D eigenvalue weighted by Gasteiger charge is 2.20. The minimum absolute atomic E-state index is 0.669. The maximum absolute atomic E-state index is 9.71. The van der Waals surface area contributed by atoms with E-state index in [1.165, 1.54) is 32.7 Å². The van der Waals surface area contributed by atoms with E-state index < -0.39 is 0 Å². The van der Waals surface area contributed by atoms with Gasteiger partial charge in [0, 0.05) is 0 Å². The van der Waals surface area contributed by atoms with E-state index in [0.717, 1.165) is 61.7 Å². The zero-order valence-corrected chi connectivity index (χ0v) is 31.5. The topological polar surface area (TPSA) is 63.7 Å². The van der Waals surface area contributed by atoms with Crippen LogP contribution in [0.5, 0.6) is 0 Å². The highest BCUT2D eigenvalue weighted by Crippen LogP contribution is 2.40. The lowest BCUT2D eigenvalue weighted by molar-refractivity contribution is -0.359. The van der Waals surface area contributed by atoms with Crippen molar-refractivity contribution >= 4 is 21.5 Å². The number of aromatic amines is 1. The Bertz CT molecular complexity index is 3090. The molecule has 58 heavy (non-hydrogen) atoms. The molecule has 0 bridgehead atoms. The van der Waals surface area contributed by atoms with Crippen LogP contribution in [-0.2, 0) is 0 Å². The van der Waals surface area contributed by atoms with Crippen LogP contribution in [0.3, 0.4) is 0 Å². The Labute approximate surface area is 337 Å². The van der Waals surface area contributed by atoms with E-state index in [1.54, 1.807) is 0 Å². The second-order valence-corrected chi connectivity index (χ2v) is 14.4. The van der Waals surface area contributed by atoms with Crippen molar-refractivity contribution < 1.29 is 4.98 Å². The highest BCUT2D eigenvalue weighted by molar-refractivity contribution is 6.05. The van der Waals surface area contributed by atoms with Crippen LogP contribution < -0.4 is 4.98 Å². The summed E-state index contributed by atoms with van der Waals surface area (Å²) in [5.41, 5.74) is 12.5. The maximum atomic E-state index is 9.71. The second kappa shape index (κ2) is 14.9. The molecule has 10 rings (SSSR count). The molecule has 4 nitrogen and oxygen atoms in total. The van der Waals surface area contributed by atoms with Crippen molar-refractivity contribution in [1.82, 2.24) is 9.97 Å². The number of fused-ring (bicyclic) bond motifs is 2. The highest BCUT2D eigenvalue weighted by atomic mass is 15.0. The van der Waals surface area contributed by atoms with Gasteiger partial charge in [0.1, 0.15) is 0 Å². The normalized spacial score (nSPS) is 11.1. The van der Waals surface area contributed by atoms with Crippen LogP contribution in [-0.4, -0.2) is 9.97 Å². The lowest BCUT2D eigenvalue weighted by atomic mass is 9.88. The first-order chi connectivity index (χ1) is 28.7. The zero-order valence-electron chi connectivity index (χ0n) is 31.5. The van der Waals surface area contributed by atoms with Crippen molar-refractivity contribution in [3.05, 3.63) is 212 Å². The van der Waals surface area contributed by atoms with Crippen LogP contribution in [0.2, 0.25) is 0 Å². The standard InChI is InChI=1S/C54H34N4/c55-35-47-16-8-9-17-48(47)38-21-23-39(24-22-38)51-49-18-10-7-11-37(49)31-32-50(51)46-30-29-44-33-43(27-28-45(44)34-46)36-19-25-42(26-20-36)54-57-52(40-12-3-1-4-13-40)56-53(58-54)41-14-5-2-6-15-41/h1-34H/p+1. The molecule has 0 unspecified atom stereocenters. The van der Waals surface area contributed by atoms with Gasteiger partial charge in [-0.1, -0.05) is 162 Å². The summed E-state index contributed by atoms with van der Waals surface area (Å²) in [6.07, 6.45) is 0. The van der Waals surface area contributed by atoms with E-state index in [0.29, 0.717) is 11.4 Å². The van der Waals surface area contributed by atoms with Crippen molar-refractivity contribution in [3.63, 3.8) is 0 Å². The fourth-order valence-electron chi connectivity index (χ4n) is 7.88. The van der Waals surface area contributed by atoms with E-state index in [2.05, 4.69) is 157 Å². The van der Waals surface area contributed by atoms with Crippen LogP contribution in [0, 0.1) is 11.3 Å². The van der Waals surface area contributed by atoms with E-state index >= 15 is 0 Å². The molecule has 270 valence electrons. The molecule has 0 aliphatic rings. The van der Waals surface area contributed by atoms with Crippen LogP contribution in [0.4, 0.5) is 0 Å². The van der Waals surface area contributed by atoms with Crippen LogP contribution >= 0.6 is 0 Å². The number of hydrogen-bond donors (Lipinski definition) is 0. The van der Waals surface area contributed by atoms with Gasteiger partial charge in [-0.3, -0.25) is 0 Å². The third-order valence-electron chi connectivity index (χ3n) is 10.9. The molecule has 1 aromatic heterocycles. The van der Waals surface area contributed by atoms with Crippen molar-refractivity contribution in [2.45, 2.75) is 0 Å². The van der Waals surface area contributed by atoms with Crippen LogP contribution in [0.1, 0.15) is 5.56 Å². The number of nitrogens with one attached hydrogen (secondary N) is 1. The molecule has 0 amide bonds. The maximum Gasteiger partial charge on any atom is 0.308 e. The molecule has 9 aromatic carbocycles. The number of H-pyrrole nitrogens is 1. The molecule has 0 atom stereocenters. The van der Waals surface area contributed by atoms with Crippen molar-refractivity contribution in [1.29, 1.82) is 5.26 Å². The summed E-state index contributed by atoms with van der Waals surface area (Å²) in [7, 11) is 0. The zero-order chi connectivity index (χ0) is 38.8. The first-order valence-corrected chi connectivity index (χ1v) is 19.4. The van der Waals surface area contributed by atoms with Gasteiger partial charge < -0.3 is 0 Å². The van der Waals surface area contributed by atoms with Crippen molar-refractivity contribution in [3.8, 4) is 84.7 Å². The fraction of sp³-hybridized carbons (Fsp3) is 0. The van der Waals surface area contributed by atoms with Gasteiger partial charge >= 0.3 is 5.82 Å². The smallest absolute Gasteiger partial charge is 0.240 e. The number of rotatable bonds is 7. The molecule has 1 heterocycles. The number of benzene rings is 9. The van der Waals surface area contributed by atoms with E-state index in [1.807, 2.05) is 60.7 Å². The third kappa shape index (κ3) is 6.57. The molecule has 0 radical (unpaired) electrons. The lowest BCUT2D eigenvalue weighted by Crippen LogP contribution is -2.16. The second-order valence-electron chi connectivity index (χ2n) is 14.4. The van der Waals surface area contributed by atoms with E-state index in [-0.39, 0.29) is 0 Å². The summed E-state index contributed by atoms with van der Waals surface area (Å²) in [5.74, 6) is 2.21. The summed E-state index contributed by atoms with van der Waals surface area (Å²) in [5, 5.41) is 14.5. The molecule has 1 N–H and O–H groups in total. The minimum atomic E-state index is 0.669. The Morgan fingerprint density at radius 2 is 0.879 bits per heavy atom. The summed E-state index contributed by atoms with van der Waals surface area (Å²) < 4.78 is 0. The summed E-state index contributed by atoms with van der Waals surface area (Å²) in [6.45, 7) is 0. The number of nitrogens with zero attached hydrogens (tertiary/aromatic N) is 3. The molecule has 0 aliphatic carbocycles. The summed E-state index contributed by atoms with van der Waals surface area (Å²) >= 11 is 0. The number of hydrogen-bond acceptors (Lipinski definition) is 3. The van der Waals surface area contributed by atoms with Gasteiger partial charge in [-0.25, -0.2) is 4.98 Å². The fourth-order valence-corrected chi connectivity index (χ4v) is 7.88. The lowest BCUT2D eigenvalue weighted by Gasteiger charge is -2.16. The Balaban J connectivity index is 0.980. The SMILES string of the molecule is N#Cc1ccccc1-c1ccc(-c2c(-c3ccc4cc(-c5ccc(-c6nc(-c7ccccc7)[nH+]c(-c7ccccc7)n6)cc5)ccc4c3)ccc3ccccc23)cc1. The largest absolute Gasteiger partial charge is 0.308 e. The summed E-state index contributed by atoms with van der Waals surface area (Å²) in [4.78, 5) is 13.4. The molecular formula is C54H35N4+. The molecule has 0 aliphatic heterocycles. The molecule has 0 fully saturated rings. The predicted octanol–water partition coefficient (Wildman–Crippen LogP) is 13.1. The quantitative estimate of drug-likeness (QED) is 0.163. The van der Waals surface area contributed by atoms with E-state index in [9.17, 15) is 5.26 Å². The third-order valence-corrected chi connectivity index (χ3v) is 10.9. The number of nitriles is 1. The van der Waals surface area contributed by atoms with E-state index in [4.69, 9.17) is 9.97 Å². The van der Waals surface area contributed by atoms with Crippen LogP contribution in [0.15, 0.2) is 206 Å². The monoisotopic (exact) mass is 739 g/mol. The van der Waals surface area contributed by atoms with Gasteiger partial charge in [0.05, 0.1) is 28.3 Å². The van der Waals surface area contributed by atoms with Gasteiger partial charge in [0.15, 0.2) is 0 Å². The first-order valence-electron chi connectivity index (χ1n) is 19.4. The Kier molecular flexibility index (Phi) is 8.87. The number of aromatic nitrogens is 3. The van der Waals surface area contributed by atoms with Gasteiger partial charge in [-0.15, -0.1) is 0 Å². The van der Waals surface area contributed by atoms with Gasteiger partial charge in [0.25, 0.3) is 11.6 Å². The molecule has 0 saturated heterocycles. The molecule has 10 aromatic rings. The average molecular weight is 740 g/mol. The Hall–Kier alpha value is -8.00. The molecule has 4 heteroatoms. The minimum Gasteiger partial charge on any atom is -0.240 e. The van der Waals surface area contributed by atoms with Crippen LogP contribution in [0.25, 0.3) is 100 Å². The Morgan fingerprint density at radius 1 is 0.362 bits per heavy atom. The van der Waals surface area contributed by atoms with Crippen molar-refractivity contribution in [2.75, 3.05) is 0 Å². The predicted molar refractivity (Wildman–Crippen MR) is 236 cm³/mol. The summed E-state index contributed by atoms with van der Waals surface area (Å²) in [6, 6.07) is 74.1. The molecule has 0 spiro atoms. The van der Waals surface area contributed by atoms with Crippen molar-refractivity contribution in [2.24, 2.45) is 0 Å². The van der Waals surface area contributed by atoms with Gasteiger partial charge in [-0.05, 0) is 121 Å². The first kappa shape index (κ1) is 34.5. The molecular weight excluding hydrogens is 705 g/mol. The Morgan fingerprint density at radius 3 is 1.57 bits per heavy atom. The van der Waals surface area contributed by atoms with Gasteiger partial charge in [0.2, 0.25) is 0 Å².